The predicted octanol–water partition coefficient (Wildman–Crippen LogP) is 2.84. The summed E-state index contributed by atoms with van der Waals surface area (Å²) in [6, 6.07) is 7.64. The molecular formula is C16H18F2N2O4S2. The Morgan fingerprint density at radius 1 is 0.923 bits per heavy atom. The van der Waals surface area contributed by atoms with Gasteiger partial charge in [-0.1, -0.05) is 25.5 Å². The number of hydrogen-bond acceptors (Lipinski definition) is 4. The molecule has 2 aromatic carbocycles. The lowest BCUT2D eigenvalue weighted by molar-refractivity contribution is 0.521. The van der Waals surface area contributed by atoms with E-state index >= 15 is 0 Å². The van der Waals surface area contributed by atoms with Crippen molar-refractivity contribution in [2.45, 2.75) is 29.6 Å². The smallest absolute Gasteiger partial charge is 0.267 e. The number of nitrogens with one attached hydrogen (secondary N) is 2. The summed E-state index contributed by atoms with van der Waals surface area (Å²) in [7, 11) is -8.40. The number of rotatable bonds is 8. The largest absolute Gasteiger partial charge is 0.279 e. The van der Waals surface area contributed by atoms with Crippen molar-refractivity contribution in [3.63, 3.8) is 0 Å². The monoisotopic (exact) mass is 404 g/mol. The highest BCUT2D eigenvalue weighted by atomic mass is 32.2. The molecule has 0 saturated heterocycles. The summed E-state index contributed by atoms with van der Waals surface area (Å²) in [6.07, 6.45) is 1.45. The lowest BCUT2D eigenvalue weighted by Gasteiger charge is -2.11. The molecule has 10 heteroatoms. The van der Waals surface area contributed by atoms with Crippen LogP contribution < -0.4 is 9.44 Å². The highest BCUT2D eigenvalue weighted by molar-refractivity contribution is 7.92. The Kier molecular flexibility index (Phi) is 6.32. The minimum Gasteiger partial charge on any atom is -0.279 e. The normalized spacial score (nSPS) is 12.1. The molecule has 0 saturated carbocycles. The SMILES string of the molecule is CCCCNS(=O)(=O)c1cccc(NS(=O)(=O)c2c(F)cccc2F)c1. The fourth-order valence-electron chi connectivity index (χ4n) is 2.14. The van der Waals surface area contributed by atoms with Crippen molar-refractivity contribution in [3.05, 3.63) is 54.1 Å². The molecule has 0 atom stereocenters. The van der Waals surface area contributed by atoms with Crippen LogP contribution in [0.15, 0.2) is 52.3 Å². The second-order valence-electron chi connectivity index (χ2n) is 5.44. The van der Waals surface area contributed by atoms with E-state index < -0.39 is 36.6 Å². The van der Waals surface area contributed by atoms with Crippen molar-refractivity contribution in [2.24, 2.45) is 0 Å². The first kappa shape index (κ1) is 20.3. The minimum absolute atomic E-state index is 0.133. The molecule has 6 nitrogen and oxygen atoms in total. The molecule has 2 rings (SSSR count). The molecule has 0 aliphatic rings. The van der Waals surface area contributed by atoms with E-state index in [0.29, 0.717) is 6.42 Å². The third-order valence-electron chi connectivity index (χ3n) is 3.41. The van der Waals surface area contributed by atoms with Gasteiger partial charge in [-0.15, -0.1) is 0 Å². The summed E-state index contributed by atoms with van der Waals surface area (Å²) in [6.45, 7) is 2.15. The maximum atomic E-state index is 13.7. The van der Waals surface area contributed by atoms with Gasteiger partial charge in [0.05, 0.1) is 10.6 Å². The highest BCUT2D eigenvalue weighted by Crippen LogP contribution is 2.23. The Balaban J connectivity index is 2.31. The van der Waals surface area contributed by atoms with Gasteiger partial charge in [0.1, 0.15) is 11.6 Å². The average Bonchev–Trinajstić information content (AvgIpc) is 2.54. The minimum atomic E-state index is -4.57. The summed E-state index contributed by atoms with van der Waals surface area (Å²) in [5.74, 6) is -2.50. The van der Waals surface area contributed by atoms with E-state index in [1.54, 1.807) is 0 Å². The second kappa shape index (κ2) is 8.11. The van der Waals surface area contributed by atoms with Crippen molar-refractivity contribution in [1.82, 2.24) is 4.72 Å². The van der Waals surface area contributed by atoms with Gasteiger partial charge in [-0.25, -0.2) is 30.3 Å². The molecule has 26 heavy (non-hydrogen) atoms. The van der Waals surface area contributed by atoms with Gasteiger partial charge in [0.2, 0.25) is 10.0 Å². The van der Waals surface area contributed by atoms with Gasteiger partial charge in [0.25, 0.3) is 10.0 Å². The Hall–Kier alpha value is -2.04. The van der Waals surface area contributed by atoms with Gasteiger partial charge >= 0.3 is 0 Å². The van der Waals surface area contributed by atoms with Gasteiger partial charge in [0, 0.05) is 6.54 Å². The Labute approximate surface area is 151 Å². The lowest BCUT2D eigenvalue weighted by atomic mass is 10.3. The van der Waals surface area contributed by atoms with Crippen LogP contribution in [0, 0.1) is 11.6 Å². The molecule has 0 unspecified atom stereocenters. The highest BCUT2D eigenvalue weighted by Gasteiger charge is 2.24. The van der Waals surface area contributed by atoms with Crippen LogP contribution >= 0.6 is 0 Å². The zero-order chi connectivity index (χ0) is 19.4. The molecule has 0 radical (unpaired) electrons. The number of hydrogen-bond donors (Lipinski definition) is 2. The van der Waals surface area contributed by atoms with Crippen molar-refractivity contribution < 1.29 is 25.6 Å². The standard InChI is InChI=1S/C16H18F2N2O4S2/c1-2-3-10-19-25(21,22)13-7-4-6-12(11-13)20-26(23,24)16-14(17)8-5-9-15(16)18/h4-9,11,19-20H,2-3,10H2,1H3. The van der Waals surface area contributed by atoms with Gasteiger partial charge in [0.15, 0.2) is 4.90 Å². The van der Waals surface area contributed by atoms with Crippen LogP contribution in [0.1, 0.15) is 19.8 Å². The third-order valence-corrected chi connectivity index (χ3v) is 6.30. The fraction of sp³-hybridized carbons (Fsp3) is 0.250. The van der Waals surface area contributed by atoms with Crippen molar-refractivity contribution >= 4 is 25.7 Å². The van der Waals surface area contributed by atoms with E-state index in [2.05, 4.69) is 4.72 Å². The number of unbranched alkanes of at least 4 members (excludes halogenated alkanes) is 1. The number of benzene rings is 2. The molecule has 0 bridgehead atoms. The van der Waals surface area contributed by atoms with Crippen LogP contribution in [0.2, 0.25) is 0 Å². The quantitative estimate of drug-likeness (QED) is 0.662. The first-order valence-corrected chi connectivity index (χ1v) is 10.7. The molecule has 0 amide bonds. The summed E-state index contributed by atoms with van der Waals surface area (Å²) in [5, 5.41) is 0. The van der Waals surface area contributed by atoms with E-state index in [0.717, 1.165) is 30.7 Å². The average molecular weight is 404 g/mol. The number of halogens is 2. The molecule has 0 heterocycles. The summed E-state index contributed by atoms with van der Waals surface area (Å²) < 4.78 is 80.7. The van der Waals surface area contributed by atoms with Crippen molar-refractivity contribution in [3.8, 4) is 0 Å². The van der Waals surface area contributed by atoms with E-state index in [-0.39, 0.29) is 17.1 Å². The molecule has 2 N–H and O–H groups in total. The summed E-state index contributed by atoms with van der Waals surface area (Å²) >= 11 is 0. The van der Waals surface area contributed by atoms with Crippen LogP contribution in [-0.2, 0) is 20.0 Å². The van der Waals surface area contributed by atoms with E-state index in [1.807, 2.05) is 11.6 Å². The van der Waals surface area contributed by atoms with Crippen LogP contribution in [-0.4, -0.2) is 23.4 Å². The number of sulfonamides is 2. The third kappa shape index (κ3) is 4.77. The van der Waals surface area contributed by atoms with Crippen molar-refractivity contribution in [1.29, 1.82) is 0 Å². The van der Waals surface area contributed by atoms with E-state index in [9.17, 15) is 25.6 Å². The zero-order valence-electron chi connectivity index (χ0n) is 13.9. The molecule has 0 aliphatic carbocycles. The zero-order valence-corrected chi connectivity index (χ0v) is 15.5. The lowest BCUT2D eigenvalue weighted by Crippen LogP contribution is -2.25. The molecular weight excluding hydrogens is 386 g/mol. The maximum Gasteiger partial charge on any atom is 0.267 e. The van der Waals surface area contributed by atoms with Gasteiger partial charge in [-0.2, -0.15) is 0 Å². The molecule has 2 aromatic rings. The molecule has 0 fully saturated rings. The Morgan fingerprint density at radius 2 is 1.54 bits per heavy atom. The second-order valence-corrected chi connectivity index (χ2v) is 8.82. The summed E-state index contributed by atoms with van der Waals surface area (Å²) in [5.41, 5.74) is -0.133. The van der Waals surface area contributed by atoms with Gasteiger partial charge in [-0.3, -0.25) is 4.72 Å². The number of anilines is 1. The first-order valence-electron chi connectivity index (χ1n) is 7.74. The van der Waals surface area contributed by atoms with Crippen LogP contribution in [0.3, 0.4) is 0 Å². The van der Waals surface area contributed by atoms with Crippen LogP contribution in [0.4, 0.5) is 14.5 Å². The summed E-state index contributed by atoms with van der Waals surface area (Å²) in [4.78, 5) is -1.29. The van der Waals surface area contributed by atoms with Gasteiger partial charge in [-0.05, 0) is 36.8 Å². The van der Waals surface area contributed by atoms with Crippen molar-refractivity contribution in [2.75, 3.05) is 11.3 Å². The maximum absolute atomic E-state index is 13.7. The molecule has 0 aromatic heterocycles. The van der Waals surface area contributed by atoms with Crippen LogP contribution in [0.25, 0.3) is 0 Å². The fourth-order valence-corrected chi connectivity index (χ4v) is 4.45. The topological polar surface area (TPSA) is 92.3 Å². The Morgan fingerprint density at radius 3 is 2.15 bits per heavy atom. The van der Waals surface area contributed by atoms with E-state index in [4.69, 9.17) is 0 Å². The first-order chi connectivity index (χ1) is 12.2. The van der Waals surface area contributed by atoms with E-state index in [1.165, 1.54) is 18.2 Å². The Bertz CT molecular complexity index is 973. The predicted molar refractivity (Wildman–Crippen MR) is 93.7 cm³/mol. The molecule has 0 aliphatic heterocycles. The van der Waals surface area contributed by atoms with Crippen LogP contribution in [0.5, 0.6) is 0 Å². The molecule has 0 spiro atoms. The van der Waals surface area contributed by atoms with Gasteiger partial charge < -0.3 is 0 Å². The molecule has 142 valence electrons.